The van der Waals surface area contributed by atoms with E-state index < -0.39 is 0 Å². The molecule has 0 aliphatic carbocycles. The smallest absolute Gasteiger partial charge is 0.123 e. The molecule has 0 radical (unpaired) electrons. The minimum Gasteiger partial charge on any atom is -0.315 e. The van der Waals surface area contributed by atoms with E-state index in [-0.39, 0.29) is 5.82 Å². The van der Waals surface area contributed by atoms with E-state index in [0.717, 1.165) is 38.2 Å². The van der Waals surface area contributed by atoms with E-state index in [2.05, 4.69) is 24.2 Å². The first-order valence-corrected chi connectivity index (χ1v) is 5.86. The monoisotopic (exact) mass is 224 g/mol. The minimum atomic E-state index is -0.150. The molecule has 1 aromatic rings. The van der Waals surface area contributed by atoms with Crippen molar-refractivity contribution in [1.29, 1.82) is 0 Å². The molecule has 0 unspecified atom stereocenters. The molecule has 90 valence electrons. The Balaban J connectivity index is 2.12. The van der Waals surface area contributed by atoms with E-state index in [0.29, 0.717) is 0 Å². The lowest BCUT2D eigenvalue weighted by molar-refractivity contribution is 0.349. The zero-order valence-corrected chi connectivity index (χ0v) is 10.2. The van der Waals surface area contributed by atoms with E-state index in [1.807, 2.05) is 6.07 Å². The molecule has 2 nitrogen and oxygen atoms in total. The summed E-state index contributed by atoms with van der Waals surface area (Å²) in [5.41, 5.74) is 1.05. The van der Waals surface area contributed by atoms with Gasteiger partial charge in [0.25, 0.3) is 0 Å². The van der Waals surface area contributed by atoms with Gasteiger partial charge in [-0.05, 0) is 44.3 Å². The summed E-state index contributed by atoms with van der Waals surface area (Å²) < 4.78 is 12.9. The highest BCUT2D eigenvalue weighted by atomic mass is 19.1. The molecule has 0 amide bonds. The molecule has 3 heteroatoms. The highest BCUT2D eigenvalue weighted by Gasteiger charge is 1.96. The highest BCUT2D eigenvalue weighted by Crippen LogP contribution is 2.03. The number of benzene rings is 1. The first-order valence-electron chi connectivity index (χ1n) is 5.86. The SMILES string of the molecule is CCN(C)CCNCCc1cccc(F)c1. The van der Waals surface area contributed by atoms with Crippen LogP contribution in [0.3, 0.4) is 0 Å². The van der Waals surface area contributed by atoms with Crippen LogP contribution in [0.15, 0.2) is 24.3 Å². The number of halogens is 1. The molecule has 0 fully saturated rings. The van der Waals surface area contributed by atoms with Crippen LogP contribution in [-0.2, 0) is 6.42 Å². The van der Waals surface area contributed by atoms with Crippen molar-refractivity contribution >= 4 is 0 Å². The van der Waals surface area contributed by atoms with Gasteiger partial charge in [0, 0.05) is 13.1 Å². The third-order valence-electron chi connectivity index (χ3n) is 2.69. The van der Waals surface area contributed by atoms with Gasteiger partial charge in [0.2, 0.25) is 0 Å². The summed E-state index contributed by atoms with van der Waals surface area (Å²) in [7, 11) is 2.11. The van der Waals surface area contributed by atoms with Crippen LogP contribution < -0.4 is 5.32 Å². The fraction of sp³-hybridized carbons (Fsp3) is 0.538. The summed E-state index contributed by atoms with van der Waals surface area (Å²) in [6, 6.07) is 6.80. The average Bonchev–Trinajstić information content (AvgIpc) is 2.28. The van der Waals surface area contributed by atoms with Gasteiger partial charge in [-0.25, -0.2) is 4.39 Å². The van der Waals surface area contributed by atoms with Gasteiger partial charge in [0.15, 0.2) is 0 Å². The van der Waals surface area contributed by atoms with Gasteiger partial charge >= 0.3 is 0 Å². The lowest BCUT2D eigenvalue weighted by Crippen LogP contribution is -2.30. The summed E-state index contributed by atoms with van der Waals surface area (Å²) in [6.07, 6.45) is 0.883. The van der Waals surface area contributed by atoms with Gasteiger partial charge in [0.05, 0.1) is 0 Å². The summed E-state index contributed by atoms with van der Waals surface area (Å²) >= 11 is 0. The second kappa shape index (κ2) is 7.36. The second-order valence-electron chi connectivity index (χ2n) is 4.03. The molecule has 1 N–H and O–H groups in total. The van der Waals surface area contributed by atoms with Crippen molar-refractivity contribution in [2.75, 3.05) is 33.2 Å². The maximum Gasteiger partial charge on any atom is 0.123 e. The number of rotatable bonds is 7. The highest BCUT2D eigenvalue weighted by molar-refractivity contribution is 5.16. The summed E-state index contributed by atoms with van der Waals surface area (Å²) in [6.45, 7) is 6.17. The van der Waals surface area contributed by atoms with E-state index in [4.69, 9.17) is 0 Å². The van der Waals surface area contributed by atoms with E-state index in [9.17, 15) is 4.39 Å². The Labute approximate surface area is 97.5 Å². The topological polar surface area (TPSA) is 15.3 Å². The van der Waals surface area contributed by atoms with Gasteiger partial charge in [-0.1, -0.05) is 19.1 Å². The maximum absolute atomic E-state index is 12.9. The van der Waals surface area contributed by atoms with Crippen LogP contribution in [0.2, 0.25) is 0 Å². The third-order valence-corrected chi connectivity index (χ3v) is 2.69. The molecular weight excluding hydrogens is 203 g/mol. The summed E-state index contributed by atoms with van der Waals surface area (Å²) in [5, 5.41) is 3.35. The second-order valence-corrected chi connectivity index (χ2v) is 4.03. The predicted molar refractivity (Wildman–Crippen MR) is 66.1 cm³/mol. The molecule has 0 heterocycles. The predicted octanol–water partition coefficient (Wildman–Crippen LogP) is 1.91. The van der Waals surface area contributed by atoms with Crippen molar-refractivity contribution in [3.8, 4) is 0 Å². The quantitative estimate of drug-likeness (QED) is 0.712. The number of nitrogens with zero attached hydrogens (tertiary/aromatic N) is 1. The molecule has 0 aliphatic rings. The molecule has 0 saturated carbocycles. The van der Waals surface area contributed by atoms with E-state index >= 15 is 0 Å². The summed E-state index contributed by atoms with van der Waals surface area (Å²) in [4.78, 5) is 2.26. The molecular formula is C13H21FN2. The Kier molecular flexibility index (Phi) is 6.04. The maximum atomic E-state index is 12.9. The van der Waals surface area contributed by atoms with Crippen LogP contribution in [0.1, 0.15) is 12.5 Å². The Morgan fingerprint density at radius 3 is 2.81 bits per heavy atom. The average molecular weight is 224 g/mol. The molecule has 0 saturated heterocycles. The Morgan fingerprint density at radius 2 is 2.12 bits per heavy atom. The van der Waals surface area contributed by atoms with Gasteiger partial charge < -0.3 is 10.2 Å². The molecule has 0 bridgehead atoms. The Bertz CT molecular complexity index is 302. The lowest BCUT2D eigenvalue weighted by atomic mass is 10.1. The standard InChI is InChI=1S/C13H21FN2/c1-3-16(2)10-9-15-8-7-12-5-4-6-13(14)11-12/h4-6,11,15H,3,7-10H2,1-2H3. The fourth-order valence-corrected chi connectivity index (χ4v) is 1.48. The minimum absolute atomic E-state index is 0.150. The fourth-order valence-electron chi connectivity index (χ4n) is 1.48. The normalized spacial score (nSPS) is 11.0. The van der Waals surface area contributed by atoms with Crippen molar-refractivity contribution in [3.63, 3.8) is 0 Å². The first-order chi connectivity index (χ1) is 7.72. The van der Waals surface area contributed by atoms with Crippen molar-refractivity contribution in [2.24, 2.45) is 0 Å². The molecule has 1 aromatic carbocycles. The van der Waals surface area contributed by atoms with E-state index in [1.54, 1.807) is 12.1 Å². The molecule has 0 aliphatic heterocycles. The van der Waals surface area contributed by atoms with Crippen molar-refractivity contribution in [3.05, 3.63) is 35.6 Å². The van der Waals surface area contributed by atoms with Crippen molar-refractivity contribution < 1.29 is 4.39 Å². The van der Waals surface area contributed by atoms with Crippen LogP contribution in [0.4, 0.5) is 4.39 Å². The Morgan fingerprint density at radius 1 is 1.31 bits per heavy atom. The summed E-state index contributed by atoms with van der Waals surface area (Å²) in [5.74, 6) is -0.150. The lowest BCUT2D eigenvalue weighted by Gasteiger charge is -2.13. The van der Waals surface area contributed by atoms with Gasteiger partial charge in [0.1, 0.15) is 5.82 Å². The van der Waals surface area contributed by atoms with Crippen molar-refractivity contribution in [1.82, 2.24) is 10.2 Å². The van der Waals surface area contributed by atoms with Gasteiger partial charge in [-0.15, -0.1) is 0 Å². The van der Waals surface area contributed by atoms with Crippen LogP contribution in [0.5, 0.6) is 0 Å². The molecule has 0 aromatic heterocycles. The first kappa shape index (κ1) is 13.1. The largest absolute Gasteiger partial charge is 0.315 e. The zero-order valence-electron chi connectivity index (χ0n) is 10.2. The number of nitrogens with one attached hydrogen (secondary N) is 1. The number of hydrogen-bond acceptors (Lipinski definition) is 2. The zero-order chi connectivity index (χ0) is 11.8. The van der Waals surface area contributed by atoms with Crippen LogP contribution in [-0.4, -0.2) is 38.1 Å². The van der Waals surface area contributed by atoms with Gasteiger partial charge in [-0.2, -0.15) is 0 Å². The number of hydrogen-bond donors (Lipinski definition) is 1. The molecule has 0 spiro atoms. The van der Waals surface area contributed by atoms with Gasteiger partial charge in [-0.3, -0.25) is 0 Å². The van der Waals surface area contributed by atoms with Crippen LogP contribution in [0.25, 0.3) is 0 Å². The van der Waals surface area contributed by atoms with Crippen molar-refractivity contribution in [2.45, 2.75) is 13.3 Å². The van der Waals surface area contributed by atoms with Crippen LogP contribution >= 0.6 is 0 Å². The van der Waals surface area contributed by atoms with E-state index in [1.165, 1.54) is 6.07 Å². The van der Waals surface area contributed by atoms with Crippen LogP contribution in [0, 0.1) is 5.82 Å². The molecule has 0 atom stereocenters. The molecule has 1 rings (SSSR count). The Hall–Kier alpha value is -0.930. The third kappa shape index (κ3) is 5.24. The molecule has 16 heavy (non-hydrogen) atoms. The number of likely N-dealkylation sites (N-methyl/N-ethyl adjacent to an activating group) is 1.